The van der Waals surface area contributed by atoms with E-state index in [-0.39, 0.29) is 29.2 Å². The highest BCUT2D eigenvalue weighted by Gasteiger charge is 2.41. The summed E-state index contributed by atoms with van der Waals surface area (Å²) in [4.78, 5) is 64.3. The first kappa shape index (κ1) is 34.8. The number of methoxy groups -OCH3 is 1. The summed E-state index contributed by atoms with van der Waals surface area (Å²) in [7, 11) is 1.62. The summed E-state index contributed by atoms with van der Waals surface area (Å²) in [6.07, 6.45) is 4.32. The maximum Gasteiger partial charge on any atom is 0.255 e. The van der Waals surface area contributed by atoms with Crippen LogP contribution in [0.4, 0.5) is 17.1 Å². The van der Waals surface area contributed by atoms with Crippen LogP contribution in [0.2, 0.25) is 0 Å². The van der Waals surface area contributed by atoms with Gasteiger partial charge in [0, 0.05) is 92.7 Å². The van der Waals surface area contributed by atoms with E-state index >= 15 is 0 Å². The van der Waals surface area contributed by atoms with E-state index < -0.39 is 11.9 Å². The van der Waals surface area contributed by atoms with Crippen molar-refractivity contribution in [2.24, 2.45) is 5.92 Å². The number of amides is 3. The topological polar surface area (TPSA) is 155 Å². The van der Waals surface area contributed by atoms with Crippen molar-refractivity contribution in [2.45, 2.75) is 38.3 Å². The molecule has 13 nitrogen and oxygen atoms in total. The molecule has 4 aliphatic heterocycles. The largest absolute Gasteiger partial charge is 0.496 e. The van der Waals surface area contributed by atoms with Crippen LogP contribution in [0, 0.1) is 5.92 Å². The van der Waals surface area contributed by atoms with E-state index in [0.717, 1.165) is 81.0 Å². The predicted molar refractivity (Wildman–Crippen MR) is 210 cm³/mol. The van der Waals surface area contributed by atoms with Gasteiger partial charge in [0.2, 0.25) is 17.2 Å². The number of imide groups is 1. The molecule has 3 saturated heterocycles. The molecular formula is C42H43N7O6. The third-order valence-electron chi connectivity index (χ3n) is 11.8. The molecule has 3 aromatic carbocycles. The zero-order chi connectivity index (χ0) is 37.8. The van der Waals surface area contributed by atoms with Gasteiger partial charge in [0.1, 0.15) is 17.4 Å². The van der Waals surface area contributed by atoms with Gasteiger partial charge in [-0.1, -0.05) is 18.2 Å². The molecule has 0 bridgehead atoms. The molecule has 282 valence electrons. The van der Waals surface area contributed by atoms with Crippen molar-refractivity contribution >= 4 is 56.9 Å². The molecule has 2 aromatic heterocycles. The third-order valence-corrected chi connectivity index (χ3v) is 11.8. The Bertz CT molecular complexity index is 2400. The maximum atomic E-state index is 13.5. The lowest BCUT2D eigenvalue weighted by molar-refractivity contribution is -0.136. The molecule has 4 aliphatic rings. The highest BCUT2D eigenvalue weighted by atomic mass is 16.5. The molecule has 3 fully saturated rings. The van der Waals surface area contributed by atoms with E-state index in [0.29, 0.717) is 52.4 Å². The smallest absolute Gasteiger partial charge is 0.255 e. The number of hydrogen-bond donors (Lipinski definition) is 2. The number of carbonyl (C=O) groups is 3. The summed E-state index contributed by atoms with van der Waals surface area (Å²) < 4.78 is 11.9. The number of piperidine rings is 2. The number of ether oxygens (including phenoxy) is 1. The zero-order valence-corrected chi connectivity index (χ0v) is 30.8. The summed E-state index contributed by atoms with van der Waals surface area (Å²) in [6, 6.07) is 18.9. The van der Waals surface area contributed by atoms with Gasteiger partial charge in [0.05, 0.1) is 24.6 Å². The second-order valence-corrected chi connectivity index (χ2v) is 15.0. The van der Waals surface area contributed by atoms with E-state index in [4.69, 9.17) is 14.9 Å². The van der Waals surface area contributed by atoms with E-state index in [9.17, 15) is 19.2 Å². The van der Waals surface area contributed by atoms with Gasteiger partial charge >= 0.3 is 0 Å². The van der Waals surface area contributed by atoms with Crippen molar-refractivity contribution in [2.75, 3.05) is 68.5 Å². The van der Waals surface area contributed by atoms with Gasteiger partial charge in [-0.05, 0) is 67.1 Å². The number of piperazine rings is 1. The summed E-state index contributed by atoms with van der Waals surface area (Å²) in [6.45, 7) is 7.01. The van der Waals surface area contributed by atoms with Gasteiger partial charge in [-0.15, -0.1) is 0 Å². The van der Waals surface area contributed by atoms with Crippen LogP contribution in [-0.2, 0) is 16.1 Å². The molecule has 9 rings (SSSR count). The van der Waals surface area contributed by atoms with Gasteiger partial charge in [-0.2, -0.15) is 0 Å². The monoisotopic (exact) mass is 741 g/mol. The Balaban J connectivity index is 0.801. The average molecular weight is 742 g/mol. The highest BCUT2D eigenvalue weighted by Crippen LogP contribution is 2.38. The first-order valence-corrected chi connectivity index (χ1v) is 19.0. The van der Waals surface area contributed by atoms with Gasteiger partial charge in [-0.3, -0.25) is 29.4 Å². The molecule has 55 heavy (non-hydrogen) atoms. The number of nitrogens with one attached hydrogen (secondary N) is 1. The SMILES string of the molecule is COc1cc(N2CCC(CN3CCN(c4ccc(-c5ccnc6c(=O)c7c(N)cccc7oc56)cc4)CC3)CC2)cc2c1CN(C1CCC(=O)NC1=O)C2=O. The van der Waals surface area contributed by atoms with Crippen LogP contribution in [0.3, 0.4) is 0 Å². The molecule has 5 aromatic rings. The number of hydrogen-bond acceptors (Lipinski definition) is 11. The van der Waals surface area contributed by atoms with Crippen molar-refractivity contribution in [3.63, 3.8) is 0 Å². The fourth-order valence-electron chi connectivity index (χ4n) is 8.80. The lowest BCUT2D eigenvalue weighted by Gasteiger charge is -2.40. The molecular weight excluding hydrogens is 699 g/mol. The van der Waals surface area contributed by atoms with Crippen LogP contribution >= 0.6 is 0 Å². The van der Waals surface area contributed by atoms with E-state index in [1.165, 1.54) is 5.69 Å². The number of nitrogens with two attached hydrogens (primary N) is 1. The molecule has 0 aliphatic carbocycles. The Morgan fingerprint density at radius 3 is 2.38 bits per heavy atom. The minimum atomic E-state index is -0.655. The zero-order valence-electron chi connectivity index (χ0n) is 30.8. The van der Waals surface area contributed by atoms with Gasteiger partial charge in [0.25, 0.3) is 5.91 Å². The number of anilines is 3. The van der Waals surface area contributed by atoms with Gasteiger partial charge in [-0.25, -0.2) is 4.98 Å². The summed E-state index contributed by atoms with van der Waals surface area (Å²) >= 11 is 0. The Morgan fingerprint density at radius 2 is 1.64 bits per heavy atom. The number of nitrogens with zero attached hydrogens (tertiary/aromatic N) is 5. The molecule has 0 saturated carbocycles. The maximum absolute atomic E-state index is 13.5. The molecule has 0 radical (unpaired) electrons. The van der Waals surface area contributed by atoms with Crippen molar-refractivity contribution < 1.29 is 23.5 Å². The van der Waals surface area contributed by atoms with E-state index in [2.05, 4.69) is 49.3 Å². The van der Waals surface area contributed by atoms with Gasteiger partial charge < -0.3 is 29.6 Å². The molecule has 6 heterocycles. The average Bonchev–Trinajstić information content (AvgIpc) is 3.53. The first-order chi connectivity index (χ1) is 26.7. The standard InChI is InChI=1S/C42H43N7O6/c1-54-35-22-28(21-30-31(35)24-49(42(30)53)33-9-10-36(50)45-41(33)52)47-15-12-25(13-16-47)23-46-17-19-48(20-18-46)27-7-5-26(6-8-27)29-11-14-44-38-39(51)37-32(43)3-2-4-34(37)55-40(29)38/h2-8,11,14,21-22,25,33H,9-10,12-13,15-20,23-24,43H2,1H3,(H,45,50,52). The fourth-order valence-corrected chi connectivity index (χ4v) is 8.80. The second kappa shape index (κ2) is 14.0. The van der Waals surface area contributed by atoms with Crippen molar-refractivity contribution in [1.82, 2.24) is 20.1 Å². The van der Waals surface area contributed by atoms with Crippen LogP contribution in [0.15, 0.2) is 76.1 Å². The molecule has 1 atom stereocenters. The summed E-state index contributed by atoms with van der Waals surface area (Å²) in [5.74, 6) is 0.349. The number of pyridine rings is 1. The van der Waals surface area contributed by atoms with Crippen molar-refractivity contribution in [1.29, 1.82) is 0 Å². The fraction of sp³-hybridized carbons (Fsp3) is 0.357. The number of benzene rings is 3. The number of aromatic nitrogens is 1. The highest BCUT2D eigenvalue weighted by molar-refractivity contribution is 6.06. The number of carbonyl (C=O) groups excluding carboxylic acids is 3. The molecule has 0 spiro atoms. The number of rotatable bonds is 7. The summed E-state index contributed by atoms with van der Waals surface area (Å²) in [5.41, 5.74) is 12.7. The third kappa shape index (κ3) is 6.31. The van der Waals surface area contributed by atoms with Crippen LogP contribution in [-0.4, -0.2) is 91.5 Å². The minimum absolute atomic E-state index is 0.188. The van der Waals surface area contributed by atoms with E-state index in [1.54, 1.807) is 36.4 Å². The predicted octanol–water partition coefficient (Wildman–Crippen LogP) is 4.40. The second-order valence-electron chi connectivity index (χ2n) is 15.0. The number of nitrogen functional groups attached to an aromatic ring is 1. The number of fused-ring (bicyclic) bond motifs is 3. The molecule has 1 unspecified atom stereocenters. The van der Waals surface area contributed by atoms with Crippen LogP contribution in [0.25, 0.3) is 33.2 Å². The lowest BCUT2D eigenvalue weighted by atomic mass is 9.95. The normalized spacial score (nSPS) is 19.7. The van der Waals surface area contributed by atoms with Crippen molar-refractivity contribution in [3.05, 3.63) is 88.2 Å². The quantitative estimate of drug-likeness (QED) is 0.139. The first-order valence-electron chi connectivity index (χ1n) is 19.0. The Kier molecular flexibility index (Phi) is 8.88. The van der Waals surface area contributed by atoms with E-state index in [1.807, 2.05) is 18.2 Å². The lowest BCUT2D eigenvalue weighted by Crippen LogP contribution is -2.52. The Hall–Kier alpha value is -5.95. The van der Waals surface area contributed by atoms with Gasteiger partial charge in [0.15, 0.2) is 11.1 Å². The molecule has 3 amide bonds. The Labute approximate surface area is 317 Å². The molecule has 3 N–H and O–H groups in total. The van der Waals surface area contributed by atoms with Crippen molar-refractivity contribution in [3.8, 4) is 16.9 Å². The van der Waals surface area contributed by atoms with Crippen LogP contribution in [0.1, 0.15) is 41.6 Å². The Morgan fingerprint density at radius 1 is 0.873 bits per heavy atom. The summed E-state index contributed by atoms with van der Waals surface area (Å²) in [5, 5.41) is 2.73. The van der Waals surface area contributed by atoms with Crippen LogP contribution < -0.4 is 31.0 Å². The minimum Gasteiger partial charge on any atom is -0.496 e. The molecule has 13 heteroatoms. The van der Waals surface area contributed by atoms with Crippen LogP contribution in [0.5, 0.6) is 5.75 Å².